The van der Waals surface area contributed by atoms with Crippen molar-refractivity contribution in [1.82, 2.24) is 4.98 Å². The number of H-pyrrole nitrogens is 1. The number of methoxy groups -OCH3 is 2. The number of benzene rings is 2. The number of nitrogens with one attached hydrogen (secondary N) is 1. The number of fused-ring (bicyclic) bond motifs is 1. The highest BCUT2D eigenvalue weighted by Gasteiger charge is 2.26. The number of aromatic nitrogens is 1. The van der Waals surface area contributed by atoms with Crippen molar-refractivity contribution in [3.05, 3.63) is 47.5 Å². The standard InChI is InChI=1S/C23H25NO4/c1-27-19-10-6-9-17(22(19)25)21-20(14-7-4-3-5-8-14)16-12-11-15(23(26)28-2)13-18(16)24-21/h6,9-14,24-25H,3-5,7-8H2,1-2H3. The summed E-state index contributed by atoms with van der Waals surface area (Å²) in [6, 6.07) is 11.2. The molecule has 28 heavy (non-hydrogen) atoms. The van der Waals surface area contributed by atoms with Crippen LogP contribution < -0.4 is 4.74 Å². The topological polar surface area (TPSA) is 71.6 Å². The molecule has 0 aliphatic heterocycles. The Hall–Kier alpha value is -2.95. The molecule has 1 aliphatic rings. The van der Waals surface area contributed by atoms with Crippen molar-refractivity contribution >= 4 is 16.9 Å². The van der Waals surface area contributed by atoms with Gasteiger partial charge in [-0.2, -0.15) is 0 Å². The van der Waals surface area contributed by atoms with Crippen LogP contribution in [0.4, 0.5) is 0 Å². The second-order valence-electron chi connectivity index (χ2n) is 7.36. The molecule has 2 N–H and O–H groups in total. The van der Waals surface area contributed by atoms with E-state index >= 15 is 0 Å². The molecule has 146 valence electrons. The lowest BCUT2D eigenvalue weighted by Gasteiger charge is -2.23. The fourth-order valence-electron chi connectivity index (χ4n) is 4.38. The molecule has 0 amide bonds. The quantitative estimate of drug-likeness (QED) is 0.597. The van der Waals surface area contributed by atoms with Gasteiger partial charge in [-0.1, -0.05) is 31.4 Å². The first-order valence-electron chi connectivity index (χ1n) is 9.74. The SMILES string of the molecule is COC(=O)c1ccc2c(C3CCCCC3)c(-c3cccc(OC)c3O)[nH]c2c1. The highest BCUT2D eigenvalue weighted by Crippen LogP contribution is 2.46. The molecular weight excluding hydrogens is 354 g/mol. The molecule has 4 rings (SSSR count). The minimum Gasteiger partial charge on any atom is -0.504 e. The van der Waals surface area contributed by atoms with Crippen LogP contribution in [0.5, 0.6) is 11.5 Å². The number of ether oxygens (including phenoxy) is 2. The molecular formula is C23H25NO4. The first kappa shape index (κ1) is 18.4. The molecule has 2 aromatic carbocycles. The monoisotopic (exact) mass is 379 g/mol. The Bertz CT molecular complexity index is 1010. The van der Waals surface area contributed by atoms with Gasteiger partial charge in [0.05, 0.1) is 25.5 Å². The number of phenols is 1. The number of aromatic amines is 1. The number of hydrogen-bond donors (Lipinski definition) is 2. The highest BCUT2D eigenvalue weighted by molar-refractivity contribution is 5.98. The lowest BCUT2D eigenvalue weighted by molar-refractivity contribution is 0.0601. The summed E-state index contributed by atoms with van der Waals surface area (Å²) in [5.74, 6) is 0.636. The van der Waals surface area contributed by atoms with E-state index in [0.29, 0.717) is 17.2 Å². The molecule has 0 spiro atoms. The van der Waals surface area contributed by atoms with E-state index in [2.05, 4.69) is 4.98 Å². The van der Waals surface area contributed by atoms with Crippen LogP contribution in [-0.2, 0) is 4.74 Å². The molecule has 3 aromatic rings. The molecule has 0 atom stereocenters. The van der Waals surface area contributed by atoms with Gasteiger partial charge in [-0.25, -0.2) is 4.79 Å². The van der Waals surface area contributed by atoms with Crippen molar-refractivity contribution in [2.75, 3.05) is 14.2 Å². The minimum absolute atomic E-state index is 0.127. The van der Waals surface area contributed by atoms with Gasteiger partial charge in [0.1, 0.15) is 0 Å². The van der Waals surface area contributed by atoms with E-state index in [1.54, 1.807) is 13.2 Å². The van der Waals surface area contributed by atoms with E-state index in [4.69, 9.17) is 9.47 Å². The number of para-hydroxylation sites is 1. The maximum Gasteiger partial charge on any atom is 0.337 e. The summed E-state index contributed by atoms with van der Waals surface area (Å²) in [5, 5.41) is 11.8. The van der Waals surface area contributed by atoms with E-state index in [1.165, 1.54) is 31.9 Å². The van der Waals surface area contributed by atoms with Gasteiger partial charge in [-0.05, 0) is 48.6 Å². The molecule has 1 aromatic heterocycles. The Morgan fingerprint density at radius 3 is 2.61 bits per heavy atom. The average Bonchev–Trinajstić information content (AvgIpc) is 3.12. The number of carbonyl (C=O) groups excluding carboxylic acids is 1. The van der Waals surface area contributed by atoms with Gasteiger partial charge in [-0.15, -0.1) is 0 Å². The lowest BCUT2D eigenvalue weighted by atomic mass is 9.81. The fraction of sp³-hybridized carbons (Fsp3) is 0.348. The summed E-state index contributed by atoms with van der Waals surface area (Å²) in [6.07, 6.45) is 5.94. The third-order valence-electron chi connectivity index (χ3n) is 5.76. The molecule has 0 bridgehead atoms. The Labute approximate surface area is 164 Å². The Morgan fingerprint density at radius 2 is 1.89 bits per heavy atom. The van der Waals surface area contributed by atoms with Crippen LogP contribution in [-0.4, -0.2) is 30.3 Å². The molecule has 1 aliphatic carbocycles. The number of carbonyl (C=O) groups is 1. The number of esters is 1. The van der Waals surface area contributed by atoms with E-state index in [9.17, 15) is 9.90 Å². The average molecular weight is 379 g/mol. The molecule has 0 radical (unpaired) electrons. The van der Waals surface area contributed by atoms with Crippen molar-refractivity contribution < 1.29 is 19.4 Å². The predicted molar refractivity (Wildman–Crippen MR) is 109 cm³/mol. The summed E-state index contributed by atoms with van der Waals surface area (Å²) < 4.78 is 10.2. The van der Waals surface area contributed by atoms with E-state index in [1.807, 2.05) is 30.3 Å². The van der Waals surface area contributed by atoms with Crippen molar-refractivity contribution in [2.45, 2.75) is 38.0 Å². The summed E-state index contributed by atoms with van der Waals surface area (Å²) in [4.78, 5) is 15.4. The Kier molecular flexibility index (Phi) is 4.99. The third kappa shape index (κ3) is 3.11. The number of rotatable bonds is 4. The van der Waals surface area contributed by atoms with Crippen LogP contribution in [0.3, 0.4) is 0 Å². The minimum atomic E-state index is -0.360. The maximum absolute atomic E-state index is 12.0. The van der Waals surface area contributed by atoms with E-state index in [0.717, 1.165) is 35.0 Å². The lowest BCUT2D eigenvalue weighted by Crippen LogP contribution is -2.05. The third-order valence-corrected chi connectivity index (χ3v) is 5.76. The van der Waals surface area contributed by atoms with Crippen molar-refractivity contribution in [2.24, 2.45) is 0 Å². The maximum atomic E-state index is 12.0. The Balaban J connectivity index is 1.94. The smallest absolute Gasteiger partial charge is 0.337 e. The molecule has 5 heteroatoms. The number of hydrogen-bond acceptors (Lipinski definition) is 4. The van der Waals surface area contributed by atoms with Crippen LogP contribution >= 0.6 is 0 Å². The first-order valence-corrected chi connectivity index (χ1v) is 9.74. The summed E-state index contributed by atoms with van der Waals surface area (Å²) in [7, 11) is 2.93. The molecule has 0 saturated heterocycles. The zero-order valence-corrected chi connectivity index (χ0v) is 16.2. The second-order valence-corrected chi connectivity index (χ2v) is 7.36. The van der Waals surface area contributed by atoms with Crippen molar-refractivity contribution in [1.29, 1.82) is 0 Å². The number of aromatic hydroxyl groups is 1. The van der Waals surface area contributed by atoms with Gasteiger partial charge < -0.3 is 19.6 Å². The van der Waals surface area contributed by atoms with Gasteiger partial charge in [0.25, 0.3) is 0 Å². The molecule has 1 saturated carbocycles. The van der Waals surface area contributed by atoms with Gasteiger partial charge in [-0.3, -0.25) is 0 Å². The summed E-state index contributed by atoms with van der Waals surface area (Å²) in [6.45, 7) is 0. The molecule has 1 fully saturated rings. The largest absolute Gasteiger partial charge is 0.504 e. The normalized spacial score (nSPS) is 14.9. The highest BCUT2D eigenvalue weighted by atomic mass is 16.5. The molecule has 5 nitrogen and oxygen atoms in total. The van der Waals surface area contributed by atoms with Crippen LogP contribution in [0.1, 0.15) is 53.9 Å². The first-order chi connectivity index (χ1) is 13.6. The zero-order chi connectivity index (χ0) is 19.7. The van der Waals surface area contributed by atoms with Crippen LogP contribution in [0.2, 0.25) is 0 Å². The van der Waals surface area contributed by atoms with Crippen molar-refractivity contribution in [3.8, 4) is 22.8 Å². The van der Waals surface area contributed by atoms with Gasteiger partial charge >= 0.3 is 5.97 Å². The molecule has 0 unspecified atom stereocenters. The molecule has 1 heterocycles. The van der Waals surface area contributed by atoms with Gasteiger partial charge in [0.15, 0.2) is 11.5 Å². The second kappa shape index (κ2) is 7.58. The van der Waals surface area contributed by atoms with E-state index in [-0.39, 0.29) is 11.7 Å². The predicted octanol–water partition coefficient (Wildman–Crippen LogP) is 5.38. The number of phenolic OH excluding ortho intramolecular Hbond substituents is 1. The van der Waals surface area contributed by atoms with Gasteiger partial charge in [0.2, 0.25) is 0 Å². The summed E-state index contributed by atoms with van der Waals surface area (Å²) in [5.41, 5.74) is 4.22. The van der Waals surface area contributed by atoms with Gasteiger partial charge in [0, 0.05) is 16.5 Å². The fourth-order valence-corrected chi connectivity index (χ4v) is 4.38. The Morgan fingerprint density at radius 1 is 1.11 bits per heavy atom. The van der Waals surface area contributed by atoms with Crippen LogP contribution in [0.15, 0.2) is 36.4 Å². The van der Waals surface area contributed by atoms with Crippen LogP contribution in [0.25, 0.3) is 22.2 Å². The summed E-state index contributed by atoms with van der Waals surface area (Å²) >= 11 is 0. The van der Waals surface area contributed by atoms with Crippen LogP contribution in [0, 0.1) is 0 Å². The van der Waals surface area contributed by atoms with Crippen molar-refractivity contribution in [3.63, 3.8) is 0 Å². The van der Waals surface area contributed by atoms with E-state index < -0.39 is 0 Å². The zero-order valence-electron chi connectivity index (χ0n) is 16.2.